The first-order chi connectivity index (χ1) is 22.3. The molecular weight excluding hydrogens is 608 g/mol. The summed E-state index contributed by atoms with van der Waals surface area (Å²) in [6.45, 7) is 5.66. The molecule has 0 aliphatic carbocycles. The van der Waals surface area contributed by atoms with E-state index < -0.39 is 18.0 Å². The standard InChI is InChI=1S/C35H36N2O8S/c1-6-11-24-31(34(40)44-8-3)32(30-23-13-10-9-12-22(23)15-17-26(30)41-4)37-33(39)28(46-35(37)36-24)19-21-14-16-25(27(18-21)42-5)45-20-29(38)43-7-2/h9-10,12-19,32H,6-8,11,20H2,1-5H3/b28-19-/t32-/m0/s1. The van der Waals surface area contributed by atoms with Crippen LogP contribution in [-0.2, 0) is 19.1 Å². The van der Waals surface area contributed by atoms with Crippen LogP contribution in [0.15, 0.2) is 75.7 Å². The van der Waals surface area contributed by atoms with Crippen LogP contribution >= 0.6 is 11.3 Å². The van der Waals surface area contributed by atoms with Gasteiger partial charge in [0.1, 0.15) is 11.8 Å². The van der Waals surface area contributed by atoms with Gasteiger partial charge in [0.2, 0.25) is 0 Å². The number of aromatic nitrogens is 1. The summed E-state index contributed by atoms with van der Waals surface area (Å²) < 4.78 is 29.4. The quantitative estimate of drug-likeness (QED) is 0.204. The molecule has 11 heteroatoms. The molecule has 0 unspecified atom stereocenters. The van der Waals surface area contributed by atoms with Crippen LogP contribution in [0.2, 0.25) is 0 Å². The van der Waals surface area contributed by atoms with Gasteiger partial charge in [0.25, 0.3) is 5.56 Å². The minimum Gasteiger partial charge on any atom is -0.496 e. The molecule has 1 atom stereocenters. The Morgan fingerprint density at radius 3 is 2.39 bits per heavy atom. The molecule has 5 rings (SSSR count). The highest BCUT2D eigenvalue weighted by molar-refractivity contribution is 7.07. The molecule has 1 aromatic heterocycles. The summed E-state index contributed by atoms with van der Waals surface area (Å²) in [4.78, 5) is 45.2. The van der Waals surface area contributed by atoms with E-state index in [1.807, 2.05) is 43.3 Å². The van der Waals surface area contributed by atoms with Crippen LogP contribution < -0.4 is 29.1 Å². The zero-order chi connectivity index (χ0) is 32.8. The fourth-order valence-electron chi connectivity index (χ4n) is 5.51. The maximum atomic E-state index is 14.3. The zero-order valence-corrected chi connectivity index (χ0v) is 27.3. The number of benzene rings is 3. The SMILES string of the molecule is CCCC1=C(C(=O)OCC)[C@H](c2c(OC)ccc3ccccc23)n2c(s/c(=C\c3ccc(OCC(=O)OCC)c(OC)c3)c2=O)=N1. The van der Waals surface area contributed by atoms with Crippen molar-refractivity contribution in [2.75, 3.05) is 34.0 Å². The lowest BCUT2D eigenvalue weighted by Crippen LogP contribution is -2.40. The number of thiazole rings is 1. The van der Waals surface area contributed by atoms with Gasteiger partial charge in [-0.1, -0.05) is 61.1 Å². The maximum Gasteiger partial charge on any atom is 0.344 e. The van der Waals surface area contributed by atoms with Crippen molar-refractivity contribution in [3.05, 3.63) is 96.7 Å². The van der Waals surface area contributed by atoms with Crippen molar-refractivity contribution in [3.63, 3.8) is 0 Å². The van der Waals surface area contributed by atoms with Crippen molar-refractivity contribution in [2.45, 2.75) is 39.7 Å². The predicted octanol–water partition coefficient (Wildman–Crippen LogP) is 4.69. The molecule has 3 aromatic carbocycles. The van der Waals surface area contributed by atoms with Gasteiger partial charge in [0.15, 0.2) is 22.9 Å². The second kappa shape index (κ2) is 14.5. The van der Waals surface area contributed by atoms with Gasteiger partial charge in [-0.2, -0.15) is 0 Å². The first-order valence-corrected chi connectivity index (χ1v) is 15.9. The average molecular weight is 645 g/mol. The summed E-state index contributed by atoms with van der Waals surface area (Å²) in [6.07, 6.45) is 3.00. The maximum absolute atomic E-state index is 14.3. The highest BCUT2D eigenvalue weighted by Gasteiger charge is 2.37. The van der Waals surface area contributed by atoms with Crippen LogP contribution in [0.3, 0.4) is 0 Å². The Bertz CT molecular complexity index is 1990. The Morgan fingerprint density at radius 1 is 0.935 bits per heavy atom. The lowest BCUT2D eigenvalue weighted by Gasteiger charge is -2.28. The molecule has 240 valence electrons. The van der Waals surface area contributed by atoms with Crippen molar-refractivity contribution in [3.8, 4) is 17.2 Å². The number of carbonyl (C=O) groups is 2. The third-order valence-electron chi connectivity index (χ3n) is 7.45. The Balaban J connectivity index is 1.71. The minimum absolute atomic E-state index is 0.173. The lowest BCUT2D eigenvalue weighted by molar-refractivity contribution is -0.145. The van der Waals surface area contributed by atoms with Gasteiger partial charge < -0.3 is 23.7 Å². The van der Waals surface area contributed by atoms with E-state index in [2.05, 4.69) is 0 Å². The van der Waals surface area contributed by atoms with Crippen molar-refractivity contribution in [1.29, 1.82) is 0 Å². The third kappa shape index (κ3) is 6.41. The molecule has 0 bridgehead atoms. The number of methoxy groups -OCH3 is 2. The Labute approximate surface area is 270 Å². The lowest BCUT2D eigenvalue weighted by atomic mass is 9.90. The number of hydrogen-bond donors (Lipinski definition) is 0. The van der Waals surface area contributed by atoms with Gasteiger partial charge >= 0.3 is 11.9 Å². The van der Waals surface area contributed by atoms with Crippen LogP contribution in [0.5, 0.6) is 17.2 Å². The molecule has 1 aliphatic heterocycles. The molecule has 1 aliphatic rings. The fraction of sp³-hybridized carbons (Fsp3) is 0.314. The van der Waals surface area contributed by atoms with Gasteiger partial charge in [-0.25, -0.2) is 14.6 Å². The van der Waals surface area contributed by atoms with E-state index in [1.165, 1.54) is 18.4 Å². The monoisotopic (exact) mass is 644 g/mol. The van der Waals surface area contributed by atoms with E-state index in [4.69, 9.17) is 28.7 Å². The normalized spacial score (nSPS) is 14.5. The van der Waals surface area contributed by atoms with Gasteiger partial charge in [0.05, 0.1) is 43.2 Å². The first kappa shape index (κ1) is 32.5. The van der Waals surface area contributed by atoms with Crippen LogP contribution in [0.4, 0.5) is 0 Å². The van der Waals surface area contributed by atoms with Crippen molar-refractivity contribution >= 4 is 40.1 Å². The number of carbonyl (C=O) groups excluding carboxylic acids is 2. The number of allylic oxidation sites excluding steroid dienone is 1. The van der Waals surface area contributed by atoms with Gasteiger partial charge in [-0.15, -0.1) is 0 Å². The second-order valence-electron chi connectivity index (χ2n) is 10.3. The minimum atomic E-state index is -0.840. The van der Waals surface area contributed by atoms with Crippen LogP contribution in [0.25, 0.3) is 16.8 Å². The van der Waals surface area contributed by atoms with Crippen molar-refractivity contribution in [2.24, 2.45) is 4.99 Å². The number of nitrogens with zero attached hydrogens (tertiary/aromatic N) is 2. The molecule has 0 amide bonds. The van der Waals surface area contributed by atoms with Gasteiger partial charge in [0, 0.05) is 5.56 Å². The summed E-state index contributed by atoms with van der Waals surface area (Å²) in [6, 6.07) is 15.9. The van der Waals surface area contributed by atoms with Gasteiger partial charge in [-0.05, 0) is 60.9 Å². The predicted molar refractivity (Wildman–Crippen MR) is 175 cm³/mol. The molecule has 0 N–H and O–H groups in total. The highest BCUT2D eigenvalue weighted by atomic mass is 32.1. The van der Waals surface area contributed by atoms with E-state index >= 15 is 0 Å². The summed E-state index contributed by atoms with van der Waals surface area (Å²) in [5.41, 5.74) is 1.94. The van der Waals surface area contributed by atoms with E-state index in [0.29, 0.717) is 55.4 Å². The summed E-state index contributed by atoms with van der Waals surface area (Å²) in [5.74, 6) is 0.282. The van der Waals surface area contributed by atoms with Crippen molar-refractivity contribution in [1.82, 2.24) is 4.57 Å². The van der Waals surface area contributed by atoms with E-state index in [1.54, 1.807) is 49.8 Å². The molecule has 0 saturated heterocycles. The number of esters is 2. The Morgan fingerprint density at radius 2 is 1.67 bits per heavy atom. The highest BCUT2D eigenvalue weighted by Crippen LogP contribution is 2.41. The third-order valence-corrected chi connectivity index (χ3v) is 8.44. The fourth-order valence-corrected chi connectivity index (χ4v) is 6.53. The Kier molecular flexibility index (Phi) is 10.2. The molecular formula is C35H36N2O8S. The van der Waals surface area contributed by atoms with Crippen molar-refractivity contribution < 1.29 is 33.3 Å². The molecule has 2 heterocycles. The van der Waals surface area contributed by atoms with E-state index in [-0.39, 0.29) is 25.4 Å². The molecule has 10 nitrogen and oxygen atoms in total. The van der Waals surface area contributed by atoms with E-state index in [0.717, 1.165) is 17.2 Å². The molecule has 0 fully saturated rings. The van der Waals surface area contributed by atoms with E-state index in [9.17, 15) is 14.4 Å². The number of hydrogen-bond acceptors (Lipinski definition) is 10. The molecule has 0 spiro atoms. The molecule has 4 aromatic rings. The molecule has 0 saturated carbocycles. The number of ether oxygens (including phenoxy) is 5. The largest absolute Gasteiger partial charge is 0.496 e. The van der Waals surface area contributed by atoms with Crippen LogP contribution in [-0.4, -0.2) is 50.5 Å². The summed E-state index contributed by atoms with van der Waals surface area (Å²) in [7, 11) is 3.07. The average Bonchev–Trinajstić information content (AvgIpc) is 3.37. The van der Waals surface area contributed by atoms with Gasteiger partial charge in [-0.3, -0.25) is 9.36 Å². The number of rotatable bonds is 12. The Hall–Kier alpha value is -4.90. The second-order valence-corrected chi connectivity index (χ2v) is 11.3. The first-order valence-electron chi connectivity index (χ1n) is 15.1. The van der Waals surface area contributed by atoms with Crippen LogP contribution in [0.1, 0.15) is 50.8 Å². The van der Waals surface area contributed by atoms with Crippen LogP contribution in [0, 0.1) is 0 Å². The smallest absolute Gasteiger partial charge is 0.344 e. The topological polar surface area (TPSA) is 115 Å². The summed E-state index contributed by atoms with van der Waals surface area (Å²) in [5, 5.41) is 1.79. The summed E-state index contributed by atoms with van der Waals surface area (Å²) >= 11 is 1.24. The number of fused-ring (bicyclic) bond motifs is 2. The molecule has 0 radical (unpaired) electrons. The molecule has 46 heavy (non-hydrogen) atoms. The zero-order valence-electron chi connectivity index (χ0n) is 26.5.